The van der Waals surface area contributed by atoms with E-state index < -0.39 is 5.97 Å². The van der Waals surface area contributed by atoms with Crippen molar-refractivity contribution in [1.82, 2.24) is 10.2 Å². The summed E-state index contributed by atoms with van der Waals surface area (Å²) in [5, 5.41) is 12.1. The van der Waals surface area contributed by atoms with Crippen LogP contribution in [0.1, 0.15) is 31.2 Å². The average Bonchev–Trinajstić information content (AvgIpc) is 2.94. The molecule has 0 saturated carbocycles. The summed E-state index contributed by atoms with van der Waals surface area (Å²) in [6.07, 6.45) is 3.22. The first kappa shape index (κ1) is 16.6. The van der Waals surface area contributed by atoms with Crippen molar-refractivity contribution in [2.45, 2.75) is 38.1 Å². The van der Waals surface area contributed by atoms with E-state index in [-0.39, 0.29) is 18.5 Å². The smallest absolute Gasteiger partial charge is 0.317 e. The van der Waals surface area contributed by atoms with E-state index in [0.717, 1.165) is 36.4 Å². The molecule has 1 fully saturated rings. The molecule has 5 nitrogen and oxygen atoms in total. The SMILES string of the molecule is O=C(O)CCCNC(=O)N1CCCC1Cc1ccccc1Cl. The lowest BCUT2D eigenvalue weighted by molar-refractivity contribution is -0.137. The number of amides is 2. The molecular formula is C16H21ClN2O3. The molecule has 1 atom stereocenters. The molecule has 1 aromatic rings. The van der Waals surface area contributed by atoms with Crippen LogP contribution >= 0.6 is 11.6 Å². The van der Waals surface area contributed by atoms with E-state index in [1.165, 1.54) is 0 Å². The molecule has 1 aromatic carbocycles. The Morgan fingerprint density at radius 3 is 2.86 bits per heavy atom. The summed E-state index contributed by atoms with van der Waals surface area (Å²) < 4.78 is 0. The van der Waals surface area contributed by atoms with Gasteiger partial charge >= 0.3 is 12.0 Å². The summed E-state index contributed by atoms with van der Waals surface area (Å²) in [6.45, 7) is 1.13. The number of nitrogens with zero attached hydrogens (tertiary/aromatic N) is 1. The third-order valence-electron chi connectivity index (χ3n) is 3.90. The standard InChI is InChI=1S/C16H21ClN2O3/c17-14-7-2-1-5-12(14)11-13-6-4-10-19(13)16(22)18-9-3-8-15(20)21/h1-2,5,7,13H,3-4,6,8-11H2,(H,18,22)(H,20,21). The molecule has 1 aliphatic rings. The minimum Gasteiger partial charge on any atom is -0.481 e. The summed E-state index contributed by atoms with van der Waals surface area (Å²) in [7, 11) is 0. The van der Waals surface area contributed by atoms with Gasteiger partial charge in [-0.1, -0.05) is 29.8 Å². The van der Waals surface area contributed by atoms with Gasteiger partial charge < -0.3 is 15.3 Å². The van der Waals surface area contributed by atoms with Crippen LogP contribution in [0, 0.1) is 0 Å². The van der Waals surface area contributed by atoms with E-state index in [1.807, 2.05) is 29.2 Å². The number of nitrogens with one attached hydrogen (secondary N) is 1. The predicted octanol–water partition coefficient (Wildman–Crippen LogP) is 2.92. The molecule has 2 amide bonds. The Labute approximate surface area is 135 Å². The Bertz CT molecular complexity index is 536. The topological polar surface area (TPSA) is 69.6 Å². The van der Waals surface area contributed by atoms with Crippen LogP contribution in [-0.2, 0) is 11.2 Å². The van der Waals surface area contributed by atoms with Crippen molar-refractivity contribution >= 4 is 23.6 Å². The number of aliphatic carboxylic acids is 1. The number of urea groups is 1. The van der Waals surface area contributed by atoms with Gasteiger partial charge in [-0.3, -0.25) is 4.79 Å². The predicted molar refractivity (Wildman–Crippen MR) is 85.2 cm³/mol. The van der Waals surface area contributed by atoms with Crippen LogP contribution in [0.15, 0.2) is 24.3 Å². The lowest BCUT2D eigenvalue weighted by Gasteiger charge is -2.25. The highest BCUT2D eigenvalue weighted by atomic mass is 35.5. The summed E-state index contributed by atoms with van der Waals surface area (Å²) in [5.74, 6) is -0.841. The van der Waals surface area contributed by atoms with Crippen LogP contribution in [0.3, 0.4) is 0 Å². The molecule has 2 rings (SSSR count). The number of carboxylic acids is 1. The molecule has 120 valence electrons. The number of hydrogen-bond acceptors (Lipinski definition) is 2. The fourth-order valence-corrected chi connectivity index (χ4v) is 2.98. The van der Waals surface area contributed by atoms with Crippen molar-refractivity contribution in [2.24, 2.45) is 0 Å². The number of carbonyl (C=O) groups excluding carboxylic acids is 1. The zero-order valence-corrected chi connectivity index (χ0v) is 13.2. The maximum atomic E-state index is 12.2. The van der Waals surface area contributed by atoms with Crippen molar-refractivity contribution in [3.05, 3.63) is 34.9 Å². The second kappa shape index (κ2) is 8.03. The zero-order chi connectivity index (χ0) is 15.9. The molecule has 1 unspecified atom stereocenters. The average molecular weight is 325 g/mol. The second-order valence-electron chi connectivity index (χ2n) is 5.51. The molecule has 0 spiro atoms. The lowest BCUT2D eigenvalue weighted by atomic mass is 10.0. The molecule has 0 aliphatic carbocycles. The van der Waals surface area contributed by atoms with Crippen molar-refractivity contribution in [2.75, 3.05) is 13.1 Å². The van der Waals surface area contributed by atoms with Crippen LogP contribution in [0.5, 0.6) is 0 Å². The molecule has 0 radical (unpaired) electrons. The van der Waals surface area contributed by atoms with E-state index in [1.54, 1.807) is 0 Å². The minimum absolute atomic E-state index is 0.0727. The molecule has 0 aromatic heterocycles. The van der Waals surface area contributed by atoms with E-state index in [4.69, 9.17) is 16.7 Å². The summed E-state index contributed by atoms with van der Waals surface area (Å²) >= 11 is 6.19. The van der Waals surface area contributed by atoms with Crippen molar-refractivity contribution in [3.8, 4) is 0 Å². The first-order valence-corrected chi connectivity index (χ1v) is 7.95. The molecule has 0 bridgehead atoms. The van der Waals surface area contributed by atoms with Crippen LogP contribution in [-0.4, -0.2) is 41.1 Å². The normalized spacial score (nSPS) is 17.5. The van der Waals surface area contributed by atoms with Gasteiger partial charge in [0.2, 0.25) is 0 Å². The Hall–Kier alpha value is -1.75. The highest BCUT2D eigenvalue weighted by Gasteiger charge is 2.28. The molecule has 6 heteroatoms. The molecule has 2 N–H and O–H groups in total. The van der Waals surface area contributed by atoms with E-state index in [0.29, 0.717) is 13.0 Å². The van der Waals surface area contributed by atoms with E-state index in [9.17, 15) is 9.59 Å². The number of likely N-dealkylation sites (tertiary alicyclic amines) is 1. The zero-order valence-electron chi connectivity index (χ0n) is 12.4. The van der Waals surface area contributed by atoms with Gasteiger partial charge in [0.15, 0.2) is 0 Å². The van der Waals surface area contributed by atoms with Crippen molar-refractivity contribution in [1.29, 1.82) is 0 Å². The minimum atomic E-state index is -0.841. The summed E-state index contributed by atoms with van der Waals surface area (Å²) in [6, 6.07) is 7.74. The maximum absolute atomic E-state index is 12.2. The third kappa shape index (κ3) is 4.63. The fraction of sp³-hybridized carbons (Fsp3) is 0.500. The Kier molecular flexibility index (Phi) is 6.07. The number of benzene rings is 1. The first-order chi connectivity index (χ1) is 10.6. The molecular weight excluding hydrogens is 304 g/mol. The van der Waals surface area contributed by atoms with Gasteiger partial charge in [0, 0.05) is 30.6 Å². The Morgan fingerprint density at radius 1 is 1.36 bits per heavy atom. The number of halogens is 1. The number of carboxylic acid groups (broad SMARTS) is 1. The molecule has 1 saturated heterocycles. The van der Waals surface area contributed by atoms with Crippen molar-refractivity contribution < 1.29 is 14.7 Å². The number of rotatable bonds is 6. The van der Waals surface area contributed by atoms with Gasteiger partial charge in [-0.05, 0) is 37.3 Å². The highest BCUT2D eigenvalue weighted by molar-refractivity contribution is 6.31. The second-order valence-corrected chi connectivity index (χ2v) is 5.92. The first-order valence-electron chi connectivity index (χ1n) is 7.57. The number of carbonyl (C=O) groups is 2. The van der Waals surface area contributed by atoms with E-state index in [2.05, 4.69) is 5.32 Å². The summed E-state index contributed by atoms with van der Waals surface area (Å²) in [5.41, 5.74) is 1.06. The van der Waals surface area contributed by atoms with Crippen molar-refractivity contribution in [3.63, 3.8) is 0 Å². The van der Waals surface area contributed by atoms with Gasteiger partial charge in [-0.2, -0.15) is 0 Å². The highest BCUT2D eigenvalue weighted by Crippen LogP contribution is 2.24. The number of hydrogen-bond donors (Lipinski definition) is 2. The van der Waals surface area contributed by atoms with Gasteiger partial charge in [-0.15, -0.1) is 0 Å². The molecule has 22 heavy (non-hydrogen) atoms. The van der Waals surface area contributed by atoms with Crippen LogP contribution in [0.25, 0.3) is 0 Å². The lowest BCUT2D eigenvalue weighted by Crippen LogP contribution is -2.44. The summed E-state index contributed by atoms with van der Waals surface area (Å²) in [4.78, 5) is 24.5. The quantitative estimate of drug-likeness (QED) is 0.790. The largest absolute Gasteiger partial charge is 0.481 e. The van der Waals surface area contributed by atoms with Crippen LogP contribution < -0.4 is 5.32 Å². The Morgan fingerprint density at radius 2 is 2.14 bits per heavy atom. The van der Waals surface area contributed by atoms with Gasteiger partial charge in [0.05, 0.1) is 0 Å². The van der Waals surface area contributed by atoms with E-state index >= 15 is 0 Å². The van der Waals surface area contributed by atoms with Gasteiger partial charge in [-0.25, -0.2) is 4.79 Å². The van der Waals surface area contributed by atoms with Crippen LogP contribution in [0.4, 0.5) is 4.79 Å². The monoisotopic (exact) mass is 324 g/mol. The third-order valence-corrected chi connectivity index (χ3v) is 4.26. The van der Waals surface area contributed by atoms with Gasteiger partial charge in [0.25, 0.3) is 0 Å². The molecule has 1 heterocycles. The van der Waals surface area contributed by atoms with Crippen LogP contribution in [0.2, 0.25) is 5.02 Å². The fourth-order valence-electron chi connectivity index (χ4n) is 2.77. The Balaban J connectivity index is 1.86. The molecule has 1 aliphatic heterocycles. The maximum Gasteiger partial charge on any atom is 0.317 e. The van der Waals surface area contributed by atoms with Gasteiger partial charge in [0.1, 0.15) is 0 Å².